The summed E-state index contributed by atoms with van der Waals surface area (Å²) in [6, 6.07) is 20.9. The van der Waals surface area contributed by atoms with Crippen molar-refractivity contribution < 1.29 is 27.9 Å². The second-order valence-corrected chi connectivity index (χ2v) is 10.1. The van der Waals surface area contributed by atoms with E-state index in [4.69, 9.17) is 4.74 Å². The summed E-state index contributed by atoms with van der Waals surface area (Å²) in [5.41, 5.74) is 3.51. The minimum absolute atomic E-state index is 0.135. The van der Waals surface area contributed by atoms with E-state index in [0.29, 0.717) is 29.7 Å². The smallest absolute Gasteiger partial charge is 0.263 e. The van der Waals surface area contributed by atoms with Crippen LogP contribution in [-0.4, -0.2) is 45.5 Å². The molecule has 4 rings (SSSR count). The first-order chi connectivity index (χ1) is 17.3. The maximum Gasteiger partial charge on any atom is 0.263 e. The summed E-state index contributed by atoms with van der Waals surface area (Å²) >= 11 is 0. The van der Waals surface area contributed by atoms with E-state index < -0.39 is 22.0 Å². The summed E-state index contributed by atoms with van der Waals surface area (Å²) in [5.74, 6) is -0.902. The highest BCUT2D eigenvalue weighted by Gasteiger charge is 2.33. The Kier molecular flexibility index (Phi) is 7.64. The lowest BCUT2D eigenvalue weighted by molar-refractivity contribution is -0.116. The highest BCUT2D eigenvalue weighted by atomic mass is 32.2. The van der Waals surface area contributed by atoms with Crippen LogP contribution in [0.1, 0.15) is 34.2 Å². The molecule has 3 aromatic carbocycles. The molecule has 1 aliphatic rings. The van der Waals surface area contributed by atoms with E-state index in [-0.39, 0.29) is 22.3 Å². The second-order valence-electron chi connectivity index (χ2n) is 8.20. The van der Waals surface area contributed by atoms with Gasteiger partial charge in [0, 0.05) is 31.3 Å². The molecular formula is C27H26N2O6S. The van der Waals surface area contributed by atoms with Crippen molar-refractivity contribution in [1.29, 1.82) is 0 Å². The van der Waals surface area contributed by atoms with Crippen molar-refractivity contribution in [2.45, 2.75) is 17.6 Å². The molecule has 186 valence electrons. The molecule has 1 unspecified atom stereocenters. The summed E-state index contributed by atoms with van der Waals surface area (Å²) in [6.45, 7) is 0.533. The monoisotopic (exact) mass is 506 g/mol. The van der Waals surface area contributed by atoms with Crippen molar-refractivity contribution in [3.05, 3.63) is 94.4 Å². The third-order valence-corrected chi connectivity index (χ3v) is 7.67. The van der Waals surface area contributed by atoms with Crippen LogP contribution in [0.25, 0.3) is 17.2 Å². The lowest BCUT2D eigenvalue weighted by Gasteiger charge is -2.10. The molecule has 1 heterocycles. The number of amides is 2. The zero-order chi connectivity index (χ0) is 25.7. The van der Waals surface area contributed by atoms with E-state index in [0.717, 1.165) is 11.1 Å². The number of fused-ring (bicyclic) bond motifs is 1. The van der Waals surface area contributed by atoms with E-state index in [2.05, 4.69) is 10.6 Å². The summed E-state index contributed by atoms with van der Waals surface area (Å²) in [4.78, 5) is 24.7. The average molecular weight is 507 g/mol. The van der Waals surface area contributed by atoms with E-state index in [9.17, 15) is 23.1 Å². The molecule has 0 saturated carbocycles. The van der Waals surface area contributed by atoms with Gasteiger partial charge in [0.05, 0.1) is 4.90 Å². The van der Waals surface area contributed by atoms with Gasteiger partial charge >= 0.3 is 0 Å². The van der Waals surface area contributed by atoms with Gasteiger partial charge in [-0.2, -0.15) is 0 Å². The van der Waals surface area contributed by atoms with Crippen molar-refractivity contribution in [2.24, 2.45) is 0 Å². The Hall–Kier alpha value is -3.79. The molecule has 9 heteroatoms. The molecule has 0 spiro atoms. The second kappa shape index (κ2) is 10.9. The number of benzene rings is 3. The number of aliphatic hydroxyl groups is 1. The number of carbonyl (C=O) groups excluding carboxylic acids is 2. The van der Waals surface area contributed by atoms with E-state index in [1.807, 2.05) is 24.3 Å². The molecule has 0 radical (unpaired) electrons. The first kappa shape index (κ1) is 25.3. The number of aliphatic hydroxyl groups excluding tert-OH is 1. The Balaban J connectivity index is 1.23. The van der Waals surface area contributed by atoms with Crippen molar-refractivity contribution in [3.63, 3.8) is 0 Å². The zero-order valence-corrected chi connectivity index (χ0v) is 20.4. The molecule has 3 N–H and O–H groups in total. The number of rotatable bonds is 9. The maximum atomic E-state index is 12.5. The van der Waals surface area contributed by atoms with E-state index in [1.54, 1.807) is 42.5 Å². The van der Waals surface area contributed by atoms with Gasteiger partial charge in [-0.3, -0.25) is 9.59 Å². The first-order valence-corrected chi connectivity index (χ1v) is 12.8. The Morgan fingerprint density at radius 2 is 1.44 bits per heavy atom. The third-order valence-electron chi connectivity index (χ3n) is 5.83. The fraction of sp³-hybridized carbons (Fsp3) is 0.185. The van der Waals surface area contributed by atoms with Crippen molar-refractivity contribution in [3.8, 4) is 11.1 Å². The summed E-state index contributed by atoms with van der Waals surface area (Å²) in [7, 11) is -2.38. The number of methoxy groups -OCH3 is 1. The number of sulfone groups is 1. The van der Waals surface area contributed by atoms with Crippen LogP contribution < -0.4 is 10.6 Å². The van der Waals surface area contributed by atoms with Crippen LogP contribution in [0.5, 0.6) is 0 Å². The van der Waals surface area contributed by atoms with Crippen LogP contribution in [0.3, 0.4) is 0 Å². The minimum atomic E-state index is -3.81. The van der Waals surface area contributed by atoms with Crippen LogP contribution in [0, 0.1) is 0 Å². The molecule has 3 aromatic rings. The van der Waals surface area contributed by atoms with Crippen LogP contribution in [0.4, 0.5) is 0 Å². The number of carbonyl (C=O) groups is 2. The predicted octanol–water partition coefficient (Wildman–Crippen LogP) is 3.06. The van der Waals surface area contributed by atoms with E-state index >= 15 is 0 Å². The van der Waals surface area contributed by atoms with Gasteiger partial charge in [0.1, 0.15) is 4.91 Å². The topological polar surface area (TPSA) is 122 Å². The van der Waals surface area contributed by atoms with Gasteiger partial charge in [-0.05, 0) is 47.4 Å². The molecule has 8 nitrogen and oxygen atoms in total. The molecule has 36 heavy (non-hydrogen) atoms. The Bertz CT molecular complexity index is 1400. The zero-order valence-electron chi connectivity index (χ0n) is 19.6. The lowest BCUT2D eigenvalue weighted by Crippen LogP contribution is -2.31. The quantitative estimate of drug-likeness (QED) is 0.303. The minimum Gasteiger partial charge on any atom is -0.364 e. The van der Waals surface area contributed by atoms with Gasteiger partial charge in [-0.1, -0.05) is 54.6 Å². The fourth-order valence-corrected chi connectivity index (χ4v) is 5.37. The van der Waals surface area contributed by atoms with Crippen LogP contribution in [-0.2, 0) is 19.4 Å². The molecule has 0 bridgehead atoms. The lowest BCUT2D eigenvalue weighted by atomic mass is 10.0. The summed E-state index contributed by atoms with van der Waals surface area (Å²) < 4.78 is 29.9. The molecule has 1 atom stereocenters. The molecule has 0 aromatic heterocycles. The SMILES string of the molecule is COC(O)c1ccc(-c2ccc(C(=O)NCCCNC(=O)C3=Cc4ccccc4S3(=O)=O)cc2)cc1. The third kappa shape index (κ3) is 5.38. The van der Waals surface area contributed by atoms with Gasteiger partial charge < -0.3 is 20.5 Å². The molecule has 2 amide bonds. The van der Waals surface area contributed by atoms with Gasteiger partial charge in [0.2, 0.25) is 9.84 Å². The first-order valence-electron chi connectivity index (χ1n) is 11.3. The summed E-state index contributed by atoms with van der Waals surface area (Å²) in [6.07, 6.45) is 0.849. The van der Waals surface area contributed by atoms with Crippen molar-refractivity contribution >= 4 is 27.7 Å². The Labute approximate surface area is 209 Å². The molecular weight excluding hydrogens is 480 g/mol. The molecule has 0 aliphatic carbocycles. The highest BCUT2D eigenvalue weighted by molar-refractivity contribution is 7.96. The van der Waals surface area contributed by atoms with E-state index in [1.165, 1.54) is 19.3 Å². The molecule has 0 saturated heterocycles. The van der Waals surface area contributed by atoms with Crippen LogP contribution in [0.2, 0.25) is 0 Å². The maximum absolute atomic E-state index is 12.5. The predicted molar refractivity (Wildman–Crippen MR) is 135 cm³/mol. The van der Waals surface area contributed by atoms with Gasteiger partial charge in [0.25, 0.3) is 11.8 Å². The largest absolute Gasteiger partial charge is 0.364 e. The molecule has 1 aliphatic heterocycles. The van der Waals surface area contributed by atoms with Gasteiger partial charge in [-0.15, -0.1) is 0 Å². The standard InChI is InChI=1S/C27H26N2O6S/c1-35-27(32)21-13-9-19(10-14-21)18-7-11-20(12-8-18)25(30)28-15-4-16-29-26(31)24-17-22-5-2-3-6-23(22)36(24,33)34/h2-3,5-14,17,27,32H,4,15-16H2,1H3,(H,28,30)(H,29,31). The number of hydrogen-bond acceptors (Lipinski definition) is 6. The van der Waals surface area contributed by atoms with Crippen LogP contribution >= 0.6 is 0 Å². The number of nitrogens with one attached hydrogen (secondary N) is 2. The fourth-order valence-electron chi connectivity index (χ4n) is 3.84. The molecule has 0 fully saturated rings. The Morgan fingerprint density at radius 3 is 2.06 bits per heavy atom. The number of hydrogen-bond donors (Lipinski definition) is 3. The normalized spacial score (nSPS) is 14.4. The highest BCUT2D eigenvalue weighted by Crippen LogP contribution is 2.32. The Morgan fingerprint density at radius 1 is 0.861 bits per heavy atom. The summed E-state index contributed by atoms with van der Waals surface area (Å²) in [5, 5.41) is 15.1. The van der Waals surface area contributed by atoms with Crippen molar-refractivity contribution in [2.75, 3.05) is 20.2 Å². The van der Waals surface area contributed by atoms with Gasteiger partial charge in [-0.25, -0.2) is 8.42 Å². The average Bonchev–Trinajstić information content (AvgIpc) is 3.18. The van der Waals surface area contributed by atoms with Gasteiger partial charge in [0.15, 0.2) is 6.29 Å². The number of ether oxygens (including phenoxy) is 1. The van der Waals surface area contributed by atoms with Crippen molar-refractivity contribution in [1.82, 2.24) is 10.6 Å². The van der Waals surface area contributed by atoms with Crippen LogP contribution in [0.15, 0.2) is 82.6 Å².